The van der Waals surface area contributed by atoms with Gasteiger partial charge in [0, 0.05) is 35.5 Å². The molecule has 28 heavy (non-hydrogen) atoms. The summed E-state index contributed by atoms with van der Waals surface area (Å²) < 4.78 is 6.86. The lowest BCUT2D eigenvalue weighted by atomic mass is 10.0. The van der Waals surface area contributed by atoms with Crippen LogP contribution in [0.1, 0.15) is 48.4 Å². The van der Waals surface area contributed by atoms with Crippen LogP contribution in [-0.4, -0.2) is 33.0 Å². The van der Waals surface area contributed by atoms with Gasteiger partial charge in [0.15, 0.2) is 5.82 Å². The van der Waals surface area contributed by atoms with Crippen LogP contribution in [0, 0.1) is 11.3 Å². The number of hydrogen-bond acceptors (Lipinski definition) is 5. The van der Waals surface area contributed by atoms with Crippen LogP contribution < -0.4 is 10.1 Å². The lowest BCUT2D eigenvalue weighted by Gasteiger charge is -2.09. The summed E-state index contributed by atoms with van der Waals surface area (Å²) in [5.74, 6) is 1.10. The van der Waals surface area contributed by atoms with Gasteiger partial charge in [-0.2, -0.15) is 15.5 Å². The summed E-state index contributed by atoms with van der Waals surface area (Å²) in [7, 11) is 1.55. The molecule has 2 aromatic heterocycles. The first-order valence-corrected chi connectivity index (χ1v) is 9.07. The Bertz CT molecular complexity index is 1060. The summed E-state index contributed by atoms with van der Waals surface area (Å²) in [6.45, 7) is 1.82. The Morgan fingerprint density at radius 1 is 1.39 bits per heavy atom. The summed E-state index contributed by atoms with van der Waals surface area (Å²) in [4.78, 5) is 12.6. The fraction of sp³-hybridized carbons (Fsp3) is 0.300. The van der Waals surface area contributed by atoms with Crippen LogP contribution in [0.3, 0.4) is 0 Å². The summed E-state index contributed by atoms with van der Waals surface area (Å²) >= 11 is 0. The number of carbonyl (C=O) groups is 1. The van der Waals surface area contributed by atoms with E-state index in [0.717, 1.165) is 11.3 Å². The molecule has 1 amide bonds. The molecular formula is C20H20N6O2. The van der Waals surface area contributed by atoms with E-state index in [2.05, 4.69) is 26.7 Å². The second-order valence-electron chi connectivity index (χ2n) is 6.94. The average Bonchev–Trinajstić information content (AvgIpc) is 3.26. The number of carbonyl (C=O) groups excluding carboxylic acids is 1. The van der Waals surface area contributed by atoms with Crippen LogP contribution in [0.4, 0.5) is 5.82 Å². The van der Waals surface area contributed by atoms with Gasteiger partial charge in [-0.15, -0.1) is 0 Å². The van der Waals surface area contributed by atoms with E-state index in [1.54, 1.807) is 42.4 Å². The molecule has 0 spiro atoms. The number of hydrogen-bond donors (Lipinski definition) is 2. The lowest BCUT2D eigenvalue weighted by Crippen LogP contribution is -2.18. The molecule has 1 atom stereocenters. The number of nitrogens with one attached hydrogen (secondary N) is 2. The highest BCUT2D eigenvalue weighted by atomic mass is 16.5. The zero-order valence-corrected chi connectivity index (χ0v) is 15.6. The molecule has 0 bridgehead atoms. The van der Waals surface area contributed by atoms with E-state index in [9.17, 15) is 10.1 Å². The number of aromatic amines is 1. The molecule has 0 aliphatic heterocycles. The van der Waals surface area contributed by atoms with Gasteiger partial charge >= 0.3 is 0 Å². The third kappa shape index (κ3) is 3.60. The van der Waals surface area contributed by atoms with Gasteiger partial charge in [0.2, 0.25) is 5.91 Å². The normalized spacial score (nSPS) is 14.3. The van der Waals surface area contributed by atoms with Crippen molar-refractivity contribution in [1.29, 1.82) is 5.26 Å². The van der Waals surface area contributed by atoms with Crippen LogP contribution in [0.15, 0.2) is 36.7 Å². The number of amides is 1. The molecule has 8 nitrogen and oxygen atoms in total. The van der Waals surface area contributed by atoms with Gasteiger partial charge in [-0.1, -0.05) is 0 Å². The molecule has 142 valence electrons. The number of rotatable bonds is 6. The van der Waals surface area contributed by atoms with Crippen LogP contribution in [0.2, 0.25) is 0 Å². The van der Waals surface area contributed by atoms with Gasteiger partial charge in [-0.05, 0) is 31.9 Å². The fourth-order valence-corrected chi connectivity index (χ4v) is 2.99. The molecule has 4 rings (SSSR count). The highest BCUT2D eigenvalue weighted by Crippen LogP contribution is 2.39. The largest absolute Gasteiger partial charge is 0.497 e. The summed E-state index contributed by atoms with van der Waals surface area (Å²) in [6, 6.07) is 9.16. The Morgan fingerprint density at radius 2 is 2.21 bits per heavy atom. The van der Waals surface area contributed by atoms with Gasteiger partial charge in [0.05, 0.1) is 36.5 Å². The highest BCUT2D eigenvalue weighted by molar-refractivity contribution is 5.94. The number of methoxy groups -OCH3 is 1. The molecule has 1 fully saturated rings. The first kappa shape index (κ1) is 17.8. The minimum Gasteiger partial charge on any atom is -0.497 e. The van der Waals surface area contributed by atoms with Crippen LogP contribution in [0.25, 0.3) is 5.69 Å². The zero-order chi connectivity index (χ0) is 19.7. The molecule has 1 aromatic carbocycles. The molecule has 1 aliphatic rings. The van der Waals surface area contributed by atoms with Crippen molar-refractivity contribution < 1.29 is 9.53 Å². The predicted molar refractivity (Wildman–Crippen MR) is 102 cm³/mol. The Balaban J connectivity index is 1.49. The standard InChI is InChI=1S/C20H20N6O2/c1-12(20(27)23-19-8-18(24-25-19)14-3-4-14)15-10-22-26(11-15)16-5-13(9-21)6-17(7-16)28-2/h5-8,10-12,14H,3-4H2,1-2H3,(H2,23,24,25,27)/t12-/m1/s1. The van der Waals surface area contributed by atoms with Crippen LogP contribution >= 0.6 is 0 Å². The third-order valence-electron chi connectivity index (χ3n) is 4.88. The number of benzene rings is 1. The number of ether oxygens (including phenoxy) is 1. The first-order chi connectivity index (χ1) is 13.6. The van der Waals surface area contributed by atoms with Crippen molar-refractivity contribution in [2.45, 2.75) is 31.6 Å². The summed E-state index contributed by atoms with van der Waals surface area (Å²) in [5, 5.41) is 23.5. The van der Waals surface area contributed by atoms with E-state index in [0.29, 0.717) is 28.7 Å². The van der Waals surface area contributed by atoms with Crippen molar-refractivity contribution in [3.8, 4) is 17.5 Å². The topological polar surface area (TPSA) is 109 Å². The SMILES string of the molecule is COc1cc(C#N)cc(-n2cc([C@@H](C)C(=O)Nc3cc(C4CC4)[nH]n3)cn2)c1. The molecule has 2 N–H and O–H groups in total. The lowest BCUT2D eigenvalue weighted by molar-refractivity contribution is -0.117. The number of anilines is 1. The maximum absolute atomic E-state index is 12.6. The number of aromatic nitrogens is 4. The van der Waals surface area contributed by atoms with Crippen molar-refractivity contribution in [3.05, 3.63) is 53.5 Å². The Kier molecular flexibility index (Phi) is 4.57. The van der Waals surface area contributed by atoms with Crippen molar-refractivity contribution in [3.63, 3.8) is 0 Å². The van der Waals surface area contributed by atoms with E-state index < -0.39 is 5.92 Å². The van der Waals surface area contributed by atoms with Crippen molar-refractivity contribution in [1.82, 2.24) is 20.0 Å². The van der Waals surface area contributed by atoms with Gasteiger partial charge in [-0.3, -0.25) is 9.89 Å². The molecule has 0 unspecified atom stereocenters. The van der Waals surface area contributed by atoms with E-state index in [-0.39, 0.29) is 5.91 Å². The maximum Gasteiger partial charge on any atom is 0.232 e. The summed E-state index contributed by atoms with van der Waals surface area (Å²) in [5.41, 5.74) is 3.00. The minimum atomic E-state index is -0.407. The van der Waals surface area contributed by atoms with Crippen LogP contribution in [-0.2, 0) is 4.79 Å². The highest BCUT2D eigenvalue weighted by Gasteiger charge is 2.26. The van der Waals surface area contributed by atoms with E-state index in [1.165, 1.54) is 12.8 Å². The minimum absolute atomic E-state index is 0.156. The molecule has 2 heterocycles. The Hall–Kier alpha value is -3.60. The zero-order valence-electron chi connectivity index (χ0n) is 15.6. The van der Waals surface area contributed by atoms with E-state index in [4.69, 9.17) is 4.74 Å². The molecule has 8 heteroatoms. The maximum atomic E-state index is 12.6. The van der Waals surface area contributed by atoms with E-state index in [1.807, 2.05) is 13.0 Å². The number of nitrogens with zero attached hydrogens (tertiary/aromatic N) is 4. The van der Waals surface area contributed by atoms with Crippen molar-refractivity contribution in [2.75, 3.05) is 12.4 Å². The molecule has 3 aromatic rings. The molecular weight excluding hydrogens is 356 g/mol. The first-order valence-electron chi connectivity index (χ1n) is 9.07. The van der Waals surface area contributed by atoms with Gasteiger partial charge in [0.1, 0.15) is 5.75 Å². The fourth-order valence-electron chi connectivity index (χ4n) is 2.99. The van der Waals surface area contributed by atoms with Gasteiger partial charge in [-0.25, -0.2) is 4.68 Å². The van der Waals surface area contributed by atoms with Crippen molar-refractivity contribution >= 4 is 11.7 Å². The molecule has 1 saturated carbocycles. The van der Waals surface area contributed by atoms with E-state index >= 15 is 0 Å². The number of H-pyrrole nitrogens is 1. The van der Waals surface area contributed by atoms with Crippen LogP contribution in [0.5, 0.6) is 5.75 Å². The predicted octanol–water partition coefficient (Wildman–Crippen LogP) is 3.10. The number of nitriles is 1. The molecule has 0 radical (unpaired) electrons. The summed E-state index contributed by atoms with van der Waals surface area (Å²) in [6.07, 6.45) is 5.77. The second kappa shape index (κ2) is 7.19. The average molecular weight is 376 g/mol. The Labute approximate surface area is 162 Å². The smallest absolute Gasteiger partial charge is 0.232 e. The second-order valence-corrected chi connectivity index (χ2v) is 6.94. The molecule has 0 saturated heterocycles. The van der Waals surface area contributed by atoms with Gasteiger partial charge in [0.25, 0.3) is 0 Å². The molecule has 1 aliphatic carbocycles. The monoisotopic (exact) mass is 376 g/mol. The third-order valence-corrected chi connectivity index (χ3v) is 4.88. The Morgan fingerprint density at radius 3 is 2.93 bits per heavy atom. The van der Waals surface area contributed by atoms with Crippen molar-refractivity contribution in [2.24, 2.45) is 0 Å². The quantitative estimate of drug-likeness (QED) is 0.687. The van der Waals surface area contributed by atoms with Gasteiger partial charge < -0.3 is 10.1 Å².